The Hall–Kier alpha value is -2.19. The minimum Gasteiger partial charge on any atom is -0.315 e. The Labute approximate surface area is 179 Å². The highest BCUT2D eigenvalue weighted by Crippen LogP contribution is 2.31. The monoisotopic (exact) mass is 478 g/mol. The second kappa shape index (κ2) is 8.67. The summed E-state index contributed by atoms with van der Waals surface area (Å²) < 4.78 is 26.4. The zero-order valence-corrected chi connectivity index (χ0v) is 18.8. The number of carbonyl (C=O) groups is 2. The first-order valence-corrected chi connectivity index (χ1v) is 11.9. The minimum absolute atomic E-state index is 0.0286. The highest BCUT2D eigenvalue weighted by atomic mass is 79.9. The lowest BCUT2D eigenvalue weighted by molar-refractivity contribution is -0.118. The number of benzene rings is 2. The van der Waals surface area contributed by atoms with Gasteiger partial charge >= 0.3 is 0 Å². The molecule has 1 aliphatic heterocycles. The van der Waals surface area contributed by atoms with Crippen molar-refractivity contribution in [1.82, 2.24) is 0 Å². The summed E-state index contributed by atoms with van der Waals surface area (Å²) in [5.74, 6) is -0.499. The summed E-state index contributed by atoms with van der Waals surface area (Å²) in [5, 5.41) is 0. The fourth-order valence-electron chi connectivity index (χ4n) is 3.34. The number of sulfone groups is 1. The number of hydrogen-bond donors (Lipinski definition) is 0. The van der Waals surface area contributed by atoms with Crippen molar-refractivity contribution in [3.8, 4) is 0 Å². The van der Waals surface area contributed by atoms with E-state index >= 15 is 0 Å². The second-order valence-corrected chi connectivity index (χ2v) is 9.96. The molecule has 2 aromatic rings. The molecule has 1 aliphatic rings. The molecule has 0 aromatic heterocycles. The first kappa shape index (κ1) is 21.5. The Morgan fingerprint density at radius 2 is 1.83 bits per heavy atom. The van der Waals surface area contributed by atoms with Gasteiger partial charge in [-0.2, -0.15) is 0 Å². The normalized spacial score (nSPS) is 13.3. The number of rotatable bonds is 6. The van der Waals surface area contributed by atoms with Crippen LogP contribution in [0.2, 0.25) is 0 Å². The summed E-state index contributed by atoms with van der Waals surface area (Å²) in [6.45, 7) is 2.38. The van der Waals surface area contributed by atoms with Crippen molar-refractivity contribution >= 4 is 49.0 Å². The summed E-state index contributed by atoms with van der Waals surface area (Å²) in [6, 6.07) is 12.1. The molecule has 0 radical (unpaired) electrons. The SMILES string of the molecule is CCC(=O)N1CCc2cc(S(=O)(=O)CCC(=O)N(C)c3ccc(Br)cc3)ccc21. The summed E-state index contributed by atoms with van der Waals surface area (Å²) in [4.78, 5) is 27.8. The maximum Gasteiger partial charge on any atom is 0.227 e. The number of nitrogens with zero attached hydrogens (tertiary/aromatic N) is 2. The van der Waals surface area contributed by atoms with Crippen LogP contribution in [0.1, 0.15) is 25.3 Å². The van der Waals surface area contributed by atoms with Crippen LogP contribution >= 0.6 is 15.9 Å². The van der Waals surface area contributed by atoms with Gasteiger partial charge in [-0.3, -0.25) is 9.59 Å². The molecule has 154 valence electrons. The molecule has 0 bridgehead atoms. The van der Waals surface area contributed by atoms with E-state index in [2.05, 4.69) is 15.9 Å². The smallest absolute Gasteiger partial charge is 0.227 e. The van der Waals surface area contributed by atoms with Gasteiger partial charge < -0.3 is 9.80 Å². The molecule has 0 aliphatic carbocycles. The van der Waals surface area contributed by atoms with Crippen LogP contribution in [0.5, 0.6) is 0 Å². The van der Waals surface area contributed by atoms with E-state index in [1.165, 1.54) is 11.0 Å². The number of hydrogen-bond acceptors (Lipinski definition) is 4. The van der Waals surface area contributed by atoms with E-state index in [4.69, 9.17) is 0 Å². The highest BCUT2D eigenvalue weighted by Gasteiger charge is 2.26. The Morgan fingerprint density at radius 1 is 1.14 bits per heavy atom. The van der Waals surface area contributed by atoms with Crippen LogP contribution in [-0.4, -0.2) is 39.6 Å². The molecule has 2 amide bonds. The fourth-order valence-corrected chi connectivity index (χ4v) is 4.88. The molecule has 0 unspecified atom stereocenters. The first-order chi connectivity index (χ1) is 13.7. The van der Waals surface area contributed by atoms with E-state index in [9.17, 15) is 18.0 Å². The molecule has 8 heteroatoms. The van der Waals surface area contributed by atoms with Gasteiger partial charge in [0.1, 0.15) is 0 Å². The topological polar surface area (TPSA) is 74.8 Å². The predicted octanol–water partition coefficient (Wildman–Crippen LogP) is 3.58. The van der Waals surface area contributed by atoms with Crippen molar-refractivity contribution in [3.63, 3.8) is 0 Å². The average Bonchev–Trinajstić information content (AvgIpc) is 3.15. The van der Waals surface area contributed by atoms with Crippen molar-refractivity contribution in [2.75, 3.05) is 29.1 Å². The van der Waals surface area contributed by atoms with Gasteiger partial charge in [-0.05, 0) is 54.4 Å². The fraction of sp³-hybridized carbons (Fsp3) is 0.333. The molecule has 0 N–H and O–H groups in total. The van der Waals surface area contributed by atoms with Crippen LogP contribution in [-0.2, 0) is 25.8 Å². The summed E-state index contributed by atoms with van der Waals surface area (Å²) in [5.41, 5.74) is 2.34. The molecule has 0 saturated carbocycles. The number of anilines is 2. The molecular formula is C21H23BrN2O4S. The molecule has 0 atom stereocenters. The van der Waals surface area contributed by atoms with Crippen molar-refractivity contribution in [3.05, 3.63) is 52.5 Å². The summed E-state index contributed by atoms with van der Waals surface area (Å²) >= 11 is 3.35. The van der Waals surface area contributed by atoms with Crippen molar-refractivity contribution in [2.24, 2.45) is 0 Å². The second-order valence-electron chi connectivity index (χ2n) is 6.94. The molecule has 1 heterocycles. The average molecular weight is 479 g/mol. The summed E-state index contributed by atoms with van der Waals surface area (Å²) in [7, 11) is -1.97. The van der Waals surface area contributed by atoms with Crippen LogP contribution in [0.25, 0.3) is 0 Å². The zero-order chi connectivity index (χ0) is 21.2. The predicted molar refractivity (Wildman–Crippen MR) is 117 cm³/mol. The van der Waals surface area contributed by atoms with E-state index in [1.807, 2.05) is 19.1 Å². The van der Waals surface area contributed by atoms with Gasteiger partial charge in [0.2, 0.25) is 11.8 Å². The number of amides is 2. The highest BCUT2D eigenvalue weighted by molar-refractivity contribution is 9.10. The third-order valence-corrected chi connectivity index (χ3v) is 7.32. The maximum atomic E-state index is 12.8. The van der Waals surface area contributed by atoms with Crippen LogP contribution in [0.4, 0.5) is 11.4 Å². The van der Waals surface area contributed by atoms with Gasteiger partial charge in [0, 0.05) is 42.3 Å². The van der Waals surface area contributed by atoms with E-state index in [1.54, 1.807) is 36.2 Å². The molecule has 2 aromatic carbocycles. The van der Waals surface area contributed by atoms with Gasteiger partial charge in [-0.1, -0.05) is 22.9 Å². The molecule has 29 heavy (non-hydrogen) atoms. The van der Waals surface area contributed by atoms with Gasteiger partial charge in [-0.25, -0.2) is 8.42 Å². The lowest BCUT2D eigenvalue weighted by atomic mass is 10.2. The maximum absolute atomic E-state index is 12.8. The Bertz CT molecular complexity index is 1040. The van der Waals surface area contributed by atoms with E-state index < -0.39 is 9.84 Å². The van der Waals surface area contributed by atoms with Crippen molar-refractivity contribution in [2.45, 2.75) is 31.1 Å². The third-order valence-electron chi connectivity index (χ3n) is 5.08. The summed E-state index contributed by atoms with van der Waals surface area (Å²) in [6.07, 6.45) is 0.940. The Morgan fingerprint density at radius 3 is 2.48 bits per heavy atom. The van der Waals surface area contributed by atoms with E-state index in [0.717, 1.165) is 15.7 Å². The minimum atomic E-state index is -3.60. The molecule has 3 rings (SSSR count). The van der Waals surface area contributed by atoms with Gasteiger partial charge in [-0.15, -0.1) is 0 Å². The van der Waals surface area contributed by atoms with E-state index in [-0.39, 0.29) is 28.9 Å². The van der Waals surface area contributed by atoms with Crippen LogP contribution in [0.3, 0.4) is 0 Å². The van der Waals surface area contributed by atoms with Gasteiger partial charge in [0.15, 0.2) is 9.84 Å². The van der Waals surface area contributed by atoms with Crippen molar-refractivity contribution in [1.29, 1.82) is 0 Å². The number of halogens is 1. The number of carbonyl (C=O) groups excluding carboxylic acids is 2. The Kier molecular flexibility index (Phi) is 6.43. The lowest BCUT2D eigenvalue weighted by Gasteiger charge is -2.18. The molecule has 0 saturated heterocycles. The largest absolute Gasteiger partial charge is 0.315 e. The van der Waals surface area contributed by atoms with Crippen LogP contribution < -0.4 is 9.80 Å². The van der Waals surface area contributed by atoms with Crippen molar-refractivity contribution < 1.29 is 18.0 Å². The van der Waals surface area contributed by atoms with Crippen LogP contribution in [0.15, 0.2) is 51.8 Å². The molecule has 0 fully saturated rings. The quantitative estimate of drug-likeness (QED) is 0.635. The van der Waals surface area contributed by atoms with Gasteiger partial charge in [0.05, 0.1) is 10.6 Å². The molecular weight excluding hydrogens is 456 g/mol. The van der Waals surface area contributed by atoms with Gasteiger partial charge in [0.25, 0.3) is 0 Å². The number of fused-ring (bicyclic) bond motifs is 1. The Balaban J connectivity index is 1.69. The first-order valence-electron chi connectivity index (χ1n) is 9.41. The standard InChI is InChI=1S/C21H23BrN2O4S/c1-3-20(25)24-12-10-15-14-18(8-9-19(15)24)29(27,28)13-11-21(26)23(2)17-6-4-16(22)5-7-17/h4-9,14H,3,10-13H2,1-2H3. The van der Waals surface area contributed by atoms with E-state index in [0.29, 0.717) is 25.1 Å². The third kappa shape index (κ3) is 4.70. The zero-order valence-electron chi connectivity index (χ0n) is 16.4. The lowest BCUT2D eigenvalue weighted by Crippen LogP contribution is -2.28. The molecule has 0 spiro atoms. The molecule has 6 nitrogen and oxygen atoms in total. The van der Waals surface area contributed by atoms with Crippen LogP contribution in [0, 0.1) is 0 Å².